The number of hydrogen-bond donors (Lipinski definition) is 1. The maximum Gasteiger partial charge on any atom is 0.151 e. The van der Waals surface area contributed by atoms with Crippen LogP contribution in [0.1, 0.15) is 11.4 Å². The summed E-state index contributed by atoms with van der Waals surface area (Å²) >= 11 is 7.55. The lowest BCUT2D eigenvalue weighted by atomic mass is 10.2. The summed E-state index contributed by atoms with van der Waals surface area (Å²) in [5.74, 6) is 0.727. The average Bonchev–Trinajstić information content (AvgIpc) is 2.87. The number of rotatable bonds is 6. The van der Waals surface area contributed by atoms with Gasteiger partial charge in [-0.1, -0.05) is 22.9 Å². The van der Waals surface area contributed by atoms with Crippen molar-refractivity contribution in [3.05, 3.63) is 28.2 Å². The SMILES string of the molecule is CNCCCc1nnc(-c2ccc(Cl)cc2OC)s1. The van der Waals surface area contributed by atoms with E-state index in [-0.39, 0.29) is 0 Å². The van der Waals surface area contributed by atoms with Gasteiger partial charge in [-0.05, 0) is 38.2 Å². The third kappa shape index (κ3) is 3.65. The first kappa shape index (κ1) is 14.2. The third-order valence-corrected chi connectivity index (χ3v) is 3.93. The van der Waals surface area contributed by atoms with Gasteiger partial charge in [0.1, 0.15) is 10.8 Å². The van der Waals surface area contributed by atoms with Crippen LogP contribution in [-0.2, 0) is 6.42 Å². The van der Waals surface area contributed by atoms with Gasteiger partial charge in [-0.15, -0.1) is 10.2 Å². The molecule has 0 saturated carbocycles. The van der Waals surface area contributed by atoms with E-state index < -0.39 is 0 Å². The van der Waals surface area contributed by atoms with Gasteiger partial charge in [0, 0.05) is 11.4 Å². The predicted molar refractivity (Wildman–Crippen MR) is 79.2 cm³/mol. The Kier molecular flexibility index (Phi) is 5.13. The molecule has 0 unspecified atom stereocenters. The first-order valence-corrected chi connectivity index (χ1v) is 7.25. The van der Waals surface area contributed by atoms with Crippen molar-refractivity contribution < 1.29 is 4.74 Å². The molecule has 0 fully saturated rings. The maximum absolute atomic E-state index is 5.95. The molecule has 6 heteroatoms. The van der Waals surface area contributed by atoms with E-state index in [1.54, 1.807) is 24.5 Å². The highest BCUT2D eigenvalue weighted by Crippen LogP contribution is 2.34. The monoisotopic (exact) mass is 297 g/mol. The summed E-state index contributed by atoms with van der Waals surface area (Å²) in [6.45, 7) is 0.985. The van der Waals surface area contributed by atoms with Crippen molar-refractivity contribution in [2.75, 3.05) is 20.7 Å². The quantitative estimate of drug-likeness (QED) is 0.833. The Labute approximate surface area is 121 Å². The van der Waals surface area contributed by atoms with E-state index in [0.717, 1.165) is 40.7 Å². The smallest absolute Gasteiger partial charge is 0.151 e. The van der Waals surface area contributed by atoms with Crippen LogP contribution in [0.3, 0.4) is 0 Å². The van der Waals surface area contributed by atoms with Crippen molar-refractivity contribution in [2.24, 2.45) is 0 Å². The van der Waals surface area contributed by atoms with Gasteiger partial charge in [0.15, 0.2) is 5.01 Å². The summed E-state index contributed by atoms with van der Waals surface area (Å²) in [6.07, 6.45) is 2.00. The van der Waals surface area contributed by atoms with Crippen LogP contribution in [0.4, 0.5) is 0 Å². The number of benzene rings is 1. The zero-order valence-electron chi connectivity index (χ0n) is 10.9. The van der Waals surface area contributed by atoms with E-state index in [0.29, 0.717) is 5.02 Å². The van der Waals surface area contributed by atoms with Crippen molar-refractivity contribution in [1.82, 2.24) is 15.5 Å². The second-order valence-corrected chi connectivity index (χ2v) is 5.55. The molecule has 0 aliphatic heterocycles. The number of ether oxygens (including phenoxy) is 1. The van der Waals surface area contributed by atoms with Crippen LogP contribution < -0.4 is 10.1 Å². The lowest BCUT2D eigenvalue weighted by Gasteiger charge is -2.05. The van der Waals surface area contributed by atoms with Gasteiger partial charge in [0.25, 0.3) is 0 Å². The van der Waals surface area contributed by atoms with Crippen LogP contribution >= 0.6 is 22.9 Å². The molecule has 4 nitrogen and oxygen atoms in total. The molecular formula is C13H16ClN3OS. The number of methoxy groups -OCH3 is 1. The summed E-state index contributed by atoms with van der Waals surface area (Å²) in [5, 5.41) is 14.1. The van der Waals surface area contributed by atoms with Gasteiger partial charge in [0.2, 0.25) is 0 Å². The molecule has 0 spiro atoms. The summed E-state index contributed by atoms with van der Waals surface area (Å²) in [6, 6.07) is 5.54. The number of aromatic nitrogens is 2. The van der Waals surface area contributed by atoms with E-state index in [9.17, 15) is 0 Å². The lowest BCUT2D eigenvalue weighted by molar-refractivity contribution is 0.416. The number of aryl methyl sites for hydroxylation is 1. The van der Waals surface area contributed by atoms with Gasteiger partial charge in [0.05, 0.1) is 12.7 Å². The zero-order chi connectivity index (χ0) is 13.7. The second kappa shape index (κ2) is 6.84. The van der Waals surface area contributed by atoms with Gasteiger partial charge in [-0.3, -0.25) is 0 Å². The molecule has 0 saturated heterocycles. The fourth-order valence-corrected chi connectivity index (χ4v) is 2.80. The Morgan fingerprint density at radius 1 is 1.37 bits per heavy atom. The minimum Gasteiger partial charge on any atom is -0.496 e. The topological polar surface area (TPSA) is 47.0 Å². The van der Waals surface area contributed by atoms with Crippen LogP contribution in [0.25, 0.3) is 10.6 Å². The lowest BCUT2D eigenvalue weighted by Crippen LogP contribution is -2.08. The Balaban J connectivity index is 2.18. The molecule has 0 bridgehead atoms. The largest absolute Gasteiger partial charge is 0.496 e. The van der Waals surface area contributed by atoms with E-state index in [4.69, 9.17) is 16.3 Å². The second-order valence-electron chi connectivity index (χ2n) is 4.05. The highest BCUT2D eigenvalue weighted by atomic mass is 35.5. The maximum atomic E-state index is 5.95. The van der Waals surface area contributed by atoms with Crippen molar-refractivity contribution in [3.8, 4) is 16.3 Å². The Hall–Kier alpha value is -1.17. The van der Waals surface area contributed by atoms with E-state index in [1.165, 1.54) is 0 Å². The molecule has 0 radical (unpaired) electrons. The summed E-state index contributed by atoms with van der Waals surface area (Å²) in [5.41, 5.74) is 0.935. The molecule has 1 N–H and O–H groups in total. The van der Waals surface area contributed by atoms with Gasteiger partial charge >= 0.3 is 0 Å². The number of nitrogens with one attached hydrogen (secondary N) is 1. The normalized spacial score (nSPS) is 10.7. The number of halogens is 1. The molecule has 0 atom stereocenters. The summed E-state index contributed by atoms with van der Waals surface area (Å²) < 4.78 is 5.33. The highest BCUT2D eigenvalue weighted by Gasteiger charge is 2.12. The molecule has 0 amide bonds. The molecule has 1 heterocycles. The molecule has 0 aliphatic carbocycles. The number of hydrogen-bond acceptors (Lipinski definition) is 5. The van der Waals surface area contributed by atoms with Crippen molar-refractivity contribution in [3.63, 3.8) is 0 Å². The molecule has 2 aromatic rings. The highest BCUT2D eigenvalue weighted by molar-refractivity contribution is 7.14. The number of nitrogens with zero attached hydrogens (tertiary/aromatic N) is 2. The Bertz CT molecular complexity index is 544. The van der Waals surface area contributed by atoms with Crippen LogP contribution in [0.15, 0.2) is 18.2 Å². The Morgan fingerprint density at radius 3 is 2.95 bits per heavy atom. The molecule has 19 heavy (non-hydrogen) atoms. The van der Waals surface area contributed by atoms with Crippen LogP contribution in [0.5, 0.6) is 5.75 Å². The fourth-order valence-electron chi connectivity index (χ4n) is 1.72. The third-order valence-electron chi connectivity index (χ3n) is 2.68. The van der Waals surface area contributed by atoms with Gasteiger partial charge in [-0.25, -0.2) is 0 Å². The molecular weight excluding hydrogens is 282 g/mol. The molecule has 0 aliphatic rings. The molecule has 1 aromatic carbocycles. The standard InChI is InChI=1S/C13H16ClN3OS/c1-15-7-3-4-12-16-17-13(19-12)10-6-5-9(14)8-11(10)18-2/h5-6,8,15H,3-4,7H2,1-2H3. The average molecular weight is 298 g/mol. The van der Waals surface area contributed by atoms with Crippen molar-refractivity contribution in [1.29, 1.82) is 0 Å². The van der Waals surface area contributed by atoms with Crippen LogP contribution in [0, 0.1) is 0 Å². The van der Waals surface area contributed by atoms with Crippen LogP contribution in [-0.4, -0.2) is 30.9 Å². The first-order chi connectivity index (χ1) is 9.24. The first-order valence-electron chi connectivity index (χ1n) is 6.05. The van der Waals surface area contributed by atoms with E-state index in [2.05, 4.69) is 15.5 Å². The fraction of sp³-hybridized carbons (Fsp3) is 0.385. The predicted octanol–water partition coefficient (Wildman–Crippen LogP) is 3.02. The molecule has 102 valence electrons. The summed E-state index contributed by atoms with van der Waals surface area (Å²) in [4.78, 5) is 0. The van der Waals surface area contributed by atoms with Crippen molar-refractivity contribution >= 4 is 22.9 Å². The summed E-state index contributed by atoms with van der Waals surface area (Å²) in [7, 11) is 3.58. The Morgan fingerprint density at radius 2 is 2.21 bits per heavy atom. The van der Waals surface area contributed by atoms with E-state index in [1.807, 2.05) is 19.2 Å². The molecule has 2 rings (SSSR count). The van der Waals surface area contributed by atoms with Gasteiger partial charge < -0.3 is 10.1 Å². The van der Waals surface area contributed by atoms with Gasteiger partial charge in [-0.2, -0.15) is 0 Å². The molecule has 1 aromatic heterocycles. The van der Waals surface area contributed by atoms with Crippen molar-refractivity contribution in [2.45, 2.75) is 12.8 Å². The minimum absolute atomic E-state index is 0.652. The van der Waals surface area contributed by atoms with Crippen LogP contribution in [0.2, 0.25) is 5.02 Å². The van der Waals surface area contributed by atoms with E-state index >= 15 is 0 Å². The zero-order valence-corrected chi connectivity index (χ0v) is 12.5. The minimum atomic E-state index is 0.652.